The van der Waals surface area contributed by atoms with Crippen LogP contribution in [0.15, 0.2) is 30.3 Å². The Kier molecular flexibility index (Phi) is 10.3. The Morgan fingerprint density at radius 1 is 0.906 bits per heavy atom. The van der Waals surface area contributed by atoms with E-state index >= 15 is 0 Å². The van der Waals surface area contributed by atoms with E-state index in [0.29, 0.717) is 0 Å². The molecule has 0 aliphatic heterocycles. The first kappa shape index (κ1) is 26.6. The number of aliphatic carboxylic acids is 1. The molecule has 0 saturated heterocycles. The van der Waals surface area contributed by atoms with Crippen LogP contribution in [0.3, 0.4) is 0 Å². The maximum atomic E-state index is 12.9. The lowest BCUT2D eigenvalue weighted by atomic mass is 10.00. The Hall–Kier alpha value is -3.47. The maximum absolute atomic E-state index is 12.9. The van der Waals surface area contributed by atoms with Gasteiger partial charge in [0.2, 0.25) is 23.6 Å². The predicted molar refractivity (Wildman–Crippen MR) is 116 cm³/mol. The van der Waals surface area contributed by atoms with Crippen molar-refractivity contribution in [1.29, 1.82) is 0 Å². The quantitative estimate of drug-likeness (QED) is 0.227. The summed E-state index contributed by atoms with van der Waals surface area (Å²) in [6.45, 7) is 4.67. The lowest BCUT2D eigenvalue weighted by molar-refractivity contribution is -0.141. The normalized spacial score (nSPS) is 14.5. The van der Waals surface area contributed by atoms with Crippen molar-refractivity contribution >= 4 is 29.6 Å². The highest BCUT2D eigenvalue weighted by Gasteiger charge is 2.31. The molecule has 4 unspecified atom stereocenters. The Labute approximate surface area is 186 Å². The monoisotopic (exact) mass is 449 g/mol. The fraction of sp³-hybridized carbons (Fsp3) is 0.476. The molecular formula is C21H31N5O6. The highest BCUT2D eigenvalue weighted by Crippen LogP contribution is 2.08. The molecule has 0 aliphatic carbocycles. The van der Waals surface area contributed by atoms with Gasteiger partial charge < -0.3 is 32.5 Å². The highest BCUT2D eigenvalue weighted by molar-refractivity contribution is 5.95. The average molecular weight is 450 g/mol. The second kappa shape index (κ2) is 12.4. The van der Waals surface area contributed by atoms with Gasteiger partial charge in [-0.3, -0.25) is 24.0 Å². The number of hydrogen-bond acceptors (Lipinski definition) is 6. The average Bonchev–Trinajstić information content (AvgIpc) is 2.70. The molecule has 8 N–H and O–H groups in total. The van der Waals surface area contributed by atoms with E-state index in [4.69, 9.17) is 16.6 Å². The van der Waals surface area contributed by atoms with Gasteiger partial charge in [-0.25, -0.2) is 0 Å². The number of carbonyl (C=O) groups is 5. The van der Waals surface area contributed by atoms with E-state index in [9.17, 15) is 24.0 Å². The van der Waals surface area contributed by atoms with Crippen LogP contribution in [-0.2, 0) is 30.4 Å². The third-order valence-corrected chi connectivity index (χ3v) is 4.65. The van der Waals surface area contributed by atoms with E-state index in [1.165, 1.54) is 6.92 Å². The van der Waals surface area contributed by atoms with E-state index in [-0.39, 0.29) is 18.8 Å². The summed E-state index contributed by atoms with van der Waals surface area (Å²) >= 11 is 0. The molecule has 1 aromatic rings. The number of hydrogen-bond donors (Lipinski definition) is 6. The van der Waals surface area contributed by atoms with Gasteiger partial charge in [-0.15, -0.1) is 0 Å². The van der Waals surface area contributed by atoms with Gasteiger partial charge in [0.1, 0.15) is 18.1 Å². The first-order chi connectivity index (χ1) is 14.9. The van der Waals surface area contributed by atoms with Crippen molar-refractivity contribution in [2.24, 2.45) is 17.4 Å². The molecular weight excluding hydrogens is 418 g/mol. The van der Waals surface area contributed by atoms with Crippen LogP contribution in [0.4, 0.5) is 0 Å². The van der Waals surface area contributed by atoms with Crippen LogP contribution >= 0.6 is 0 Å². The standard InChI is InChI=1S/C21H31N5O6/c1-11(2)17(26-18(28)14(22)10-16(23)27)20(30)25-15(9-13-7-5-4-6-8-13)19(29)24-12(3)21(31)32/h4-8,11-12,14-15,17H,9-10,22H2,1-3H3,(H2,23,27)(H,24,29)(H,25,30)(H,26,28)(H,31,32). The Morgan fingerprint density at radius 3 is 2.00 bits per heavy atom. The summed E-state index contributed by atoms with van der Waals surface area (Å²) in [7, 11) is 0. The molecule has 4 atom stereocenters. The third-order valence-electron chi connectivity index (χ3n) is 4.65. The maximum Gasteiger partial charge on any atom is 0.325 e. The minimum atomic E-state index is -1.22. The van der Waals surface area contributed by atoms with Crippen molar-refractivity contribution in [3.8, 4) is 0 Å². The molecule has 32 heavy (non-hydrogen) atoms. The molecule has 11 nitrogen and oxygen atoms in total. The van der Waals surface area contributed by atoms with Crippen LogP contribution in [0.5, 0.6) is 0 Å². The molecule has 0 spiro atoms. The van der Waals surface area contributed by atoms with Crippen molar-refractivity contribution < 1.29 is 29.1 Å². The smallest absolute Gasteiger partial charge is 0.325 e. The summed E-state index contributed by atoms with van der Waals surface area (Å²) in [5.74, 6) is -4.43. The number of benzene rings is 1. The molecule has 0 bridgehead atoms. The summed E-state index contributed by atoms with van der Waals surface area (Å²) in [5.41, 5.74) is 11.4. The van der Waals surface area contributed by atoms with E-state index in [2.05, 4.69) is 16.0 Å². The van der Waals surface area contributed by atoms with Crippen LogP contribution in [0.1, 0.15) is 32.8 Å². The molecule has 176 valence electrons. The van der Waals surface area contributed by atoms with Crippen molar-refractivity contribution in [3.63, 3.8) is 0 Å². The van der Waals surface area contributed by atoms with Gasteiger partial charge in [-0.2, -0.15) is 0 Å². The van der Waals surface area contributed by atoms with Crippen LogP contribution in [0.25, 0.3) is 0 Å². The second-order valence-corrected chi connectivity index (χ2v) is 7.83. The van der Waals surface area contributed by atoms with Gasteiger partial charge in [-0.1, -0.05) is 44.2 Å². The Bertz CT molecular complexity index is 829. The summed E-state index contributed by atoms with van der Waals surface area (Å²) < 4.78 is 0. The zero-order valence-corrected chi connectivity index (χ0v) is 18.3. The van der Waals surface area contributed by atoms with Gasteiger partial charge in [0.05, 0.1) is 12.5 Å². The lowest BCUT2D eigenvalue weighted by Crippen LogP contribution is -2.58. The number of primary amides is 1. The Morgan fingerprint density at radius 2 is 1.50 bits per heavy atom. The molecule has 1 rings (SSSR count). The molecule has 0 aromatic heterocycles. The van der Waals surface area contributed by atoms with Crippen LogP contribution < -0.4 is 27.4 Å². The van der Waals surface area contributed by atoms with Crippen molar-refractivity contribution in [2.75, 3.05) is 0 Å². The van der Waals surface area contributed by atoms with Crippen LogP contribution in [0, 0.1) is 5.92 Å². The highest BCUT2D eigenvalue weighted by atomic mass is 16.4. The largest absolute Gasteiger partial charge is 0.480 e. The zero-order chi connectivity index (χ0) is 24.4. The fourth-order valence-electron chi connectivity index (χ4n) is 2.80. The first-order valence-corrected chi connectivity index (χ1v) is 10.1. The van der Waals surface area contributed by atoms with E-state index in [1.807, 2.05) is 0 Å². The van der Waals surface area contributed by atoms with Gasteiger partial charge >= 0.3 is 5.97 Å². The third kappa shape index (κ3) is 8.72. The second-order valence-electron chi connectivity index (χ2n) is 7.83. The van der Waals surface area contributed by atoms with Crippen molar-refractivity contribution in [1.82, 2.24) is 16.0 Å². The number of carboxylic acids is 1. The van der Waals surface area contributed by atoms with Gasteiger partial charge in [0.25, 0.3) is 0 Å². The number of nitrogens with one attached hydrogen (secondary N) is 3. The molecule has 4 amide bonds. The molecule has 0 heterocycles. The van der Waals surface area contributed by atoms with E-state index in [1.54, 1.807) is 44.2 Å². The molecule has 0 saturated carbocycles. The number of nitrogens with two attached hydrogens (primary N) is 2. The number of carboxylic acid groups (broad SMARTS) is 1. The number of carbonyl (C=O) groups excluding carboxylic acids is 4. The van der Waals surface area contributed by atoms with Gasteiger partial charge in [0, 0.05) is 6.42 Å². The summed E-state index contributed by atoms with van der Waals surface area (Å²) in [6, 6.07) is 4.32. The van der Waals surface area contributed by atoms with Crippen molar-refractivity contribution in [2.45, 2.75) is 57.8 Å². The summed E-state index contributed by atoms with van der Waals surface area (Å²) in [6.07, 6.45) is -0.283. The molecule has 0 aliphatic rings. The molecule has 0 fully saturated rings. The van der Waals surface area contributed by atoms with Crippen LogP contribution in [-0.4, -0.2) is 58.9 Å². The fourth-order valence-corrected chi connectivity index (χ4v) is 2.80. The van der Waals surface area contributed by atoms with Crippen molar-refractivity contribution in [3.05, 3.63) is 35.9 Å². The lowest BCUT2D eigenvalue weighted by Gasteiger charge is -2.26. The topological polar surface area (TPSA) is 194 Å². The SMILES string of the molecule is CC(NC(=O)C(Cc1ccccc1)NC(=O)C(NC(=O)C(N)CC(N)=O)C(C)C)C(=O)O. The molecule has 0 radical (unpaired) electrons. The number of rotatable bonds is 12. The van der Waals surface area contributed by atoms with Crippen LogP contribution in [0.2, 0.25) is 0 Å². The first-order valence-electron chi connectivity index (χ1n) is 10.1. The molecule has 1 aromatic carbocycles. The minimum Gasteiger partial charge on any atom is -0.480 e. The number of amides is 4. The molecule has 11 heteroatoms. The minimum absolute atomic E-state index is 0.102. The predicted octanol–water partition coefficient (Wildman–Crippen LogP) is -1.35. The zero-order valence-electron chi connectivity index (χ0n) is 18.3. The van der Waals surface area contributed by atoms with Gasteiger partial charge in [-0.05, 0) is 18.4 Å². The van der Waals surface area contributed by atoms with Gasteiger partial charge in [0.15, 0.2) is 0 Å². The van der Waals surface area contributed by atoms with E-state index in [0.717, 1.165) is 5.56 Å². The van der Waals surface area contributed by atoms with E-state index < -0.39 is 53.8 Å². The summed E-state index contributed by atoms with van der Waals surface area (Å²) in [5, 5.41) is 16.5. The summed E-state index contributed by atoms with van der Waals surface area (Å²) in [4.78, 5) is 60.0. The Balaban J connectivity index is 3.01.